The average Bonchev–Trinajstić information content (AvgIpc) is 2.78. The highest BCUT2D eigenvalue weighted by molar-refractivity contribution is 5.78. The standard InChI is InChI=1S/C13H15N3O/c1-8-3-4-10-12(7-8)16-6-5-11(13(16)15-10)14-9(2)17/h3-4,7,11H,5-6H2,1-2H3,(H,14,17). The molecule has 1 aromatic carbocycles. The Balaban J connectivity index is 2.10. The summed E-state index contributed by atoms with van der Waals surface area (Å²) in [5.41, 5.74) is 3.43. The Kier molecular flexibility index (Phi) is 2.18. The van der Waals surface area contributed by atoms with Gasteiger partial charge in [-0.05, 0) is 31.0 Å². The van der Waals surface area contributed by atoms with Crippen molar-refractivity contribution in [2.24, 2.45) is 0 Å². The van der Waals surface area contributed by atoms with Crippen LogP contribution in [0.2, 0.25) is 0 Å². The van der Waals surface area contributed by atoms with E-state index in [2.05, 4.69) is 33.9 Å². The molecule has 0 aliphatic carbocycles. The summed E-state index contributed by atoms with van der Waals surface area (Å²) in [5.74, 6) is 0.993. The molecule has 1 unspecified atom stereocenters. The quantitative estimate of drug-likeness (QED) is 0.812. The van der Waals surface area contributed by atoms with E-state index >= 15 is 0 Å². The highest BCUT2D eigenvalue weighted by atomic mass is 16.1. The van der Waals surface area contributed by atoms with E-state index in [0.717, 1.165) is 24.3 Å². The van der Waals surface area contributed by atoms with Crippen LogP contribution >= 0.6 is 0 Å². The van der Waals surface area contributed by atoms with Crippen molar-refractivity contribution in [1.82, 2.24) is 14.9 Å². The van der Waals surface area contributed by atoms with Gasteiger partial charge < -0.3 is 9.88 Å². The second kappa shape index (κ2) is 3.58. The van der Waals surface area contributed by atoms with Gasteiger partial charge in [0.15, 0.2) is 0 Å². The average molecular weight is 229 g/mol. The van der Waals surface area contributed by atoms with Gasteiger partial charge in [0, 0.05) is 13.5 Å². The van der Waals surface area contributed by atoms with Gasteiger partial charge in [-0.3, -0.25) is 4.79 Å². The SMILES string of the molecule is CC(=O)NC1CCn2c1nc1ccc(C)cc12. The largest absolute Gasteiger partial charge is 0.346 e. The fourth-order valence-corrected chi connectivity index (χ4v) is 2.52. The number of carbonyl (C=O) groups excluding carboxylic acids is 1. The number of imidazole rings is 1. The molecule has 1 aromatic heterocycles. The van der Waals surface area contributed by atoms with Crippen molar-refractivity contribution in [1.29, 1.82) is 0 Å². The summed E-state index contributed by atoms with van der Waals surface area (Å²) >= 11 is 0. The number of hydrogen-bond acceptors (Lipinski definition) is 2. The molecule has 0 radical (unpaired) electrons. The van der Waals surface area contributed by atoms with Gasteiger partial charge in [-0.15, -0.1) is 0 Å². The third-order valence-electron chi connectivity index (χ3n) is 3.26. The van der Waals surface area contributed by atoms with Crippen LogP contribution in [-0.4, -0.2) is 15.5 Å². The molecule has 4 nitrogen and oxygen atoms in total. The predicted octanol–water partition coefficient (Wildman–Crippen LogP) is 1.93. The minimum Gasteiger partial charge on any atom is -0.346 e. The van der Waals surface area contributed by atoms with Gasteiger partial charge in [-0.25, -0.2) is 4.98 Å². The molecule has 0 bridgehead atoms. The molecule has 17 heavy (non-hydrogen) atoms. The monoisotopic (exact) mass is 229 g/mol. The number of rotatable bonds is 1. The number of amides is 1. The number of nitrogens with one attached hydrogen (secondary N) is 1. The van der Waals surface area contributed by atoms with Crippen molar-refractivity contribution in [3.63, 3.8) is 0 Å². The molecule has 1 aliphatic rings. The molecular formula is C13H15N3O. The van der Waals surface area contributed by atoms with Gasteiger partial charge in [0.05, 0.1) is 17.1 Å². The molecule has 2 aromatic rings. The van der Waals surface area contributed by atoms with Crippen molar-refractivity contribution in [2.75, 3.05) is 0 Å². The third kappa shape index (κ3) is 1.60. The van der Waals surface area contributed by atoms with Crippen LogP contribution in [0, 0.1) is 6.92 Å². The lowest BCUT2D eigenvalue weighted by molar-refractivity contribution is -0.119. The topological polar surface area (TPSA) is 46.9 Å². The fraction of sp³-hybridized carbons (Fsp3) is 0.385. The van der Waals surface area contributed by atoms with Crippen LogP contribution in [0.15, 0.2) is 18.2 Å². The van der Waals surface area contributed by atoms with Crippen LogP contribution < -0.4 is 5.32 Å². The summed E-state index contributed by atoms with van der Waals surface area (Å²) in [5, 5.41) is 2.95. The normalized spacial score (nSPS) is 18.4. The van der Waals surface area contributed by atoms with Crippen LogP contribution in [0.5, 0.6) is 0 Å². The molecule has 2 heterocycles. The van der Waals surface area contributed by atoms with E-state index in [1.165, 1.54) is 11.1 Å². The molecule has 1 aliphatic heterocycles. The van der Waals surface area contributed by atoms with Crippen LogP contribution in [0.25, 0.3) is 11.0 Å². The first-order valence-electron chi connectivity index (χ1n) is 5.89. The molecule has 3 rings (SSSR count). The summed E-state index contributed by atoms with van der Waals surface area (Å²) in [6, 6.07) is 6.33. The van der Waals surface area contributed by atoms with Gasteiger partial charge in [0.2, 0.25) is 5.91 Å². The Bertz CT molecular complexity index is 600. The number of nitrogens with zero attached hydrogens (tertiary/aromatic N) is 2. The Hall–Kier alpha value is -1.84. The lowest BCUT2D eigenvalue weighted by Crippen LogP contribution is -2.24. The smallest absolute Gasteiger partial charge is 0.217 e. The zero-order valence-electron chi connectivity index (χ0n) is 10.0. The highest BCUT2D eigenvalue weighted by Crippen LogP contribution is 2.30. The molecule has 0 saturated carbocycles. The Morgan fingerprint density at radius 1 is 1.53 bits per heavy atom. The summed E-state index contributed by atoms with van der Waals surface area (Å²) in [6.45, 7) is 4.56. The minimum atomic E-state index is 0.00619. The number of benzene rings is 1. The van der Waals surface area contributed by atoms with Gasteiger partial charge in [0.25, 0.3) is 0 Å². The van der Waals surface area contributed by atoms with E-state index in [4.69, 9.17) is 0 Å². The van der Waals surface area contributed by atoms with Crippen LogP contribution in [0.1, 0.15) is 30.8 Å². The van der Waals surface area contributed by atoms with Crippen molar-refractivity contribution in [3.05, 3.63) is 29.6 Å². The van der Waals surface area contributed by atoms with Crippen LogP contribution in [0.4, 0.5) is 0 Å². The van der Waals surface area contributed by atoms with Crippen molar-refractivity contribution in [3.8, 4) is 0 Å². The first-order chi connectivity index (χ1) is 8.15. The van der Waals surface area contributed by atoms with E-state index in [1.807, 2.05) is 6.07 Å². The Morgan fingerprint density at radius 2 is 2.35 bits per heavy atom. The lowest BCUT2D eigenvalue weighted by Gasteiger charge is -2.07. The van der Waals surface area contributed by atoms with Gasteiger partial charge >= 0.3 is 0 Å². The molecule has 4 heteroatoms. The van der Waals surface area contributed by atoms with Crippen LogP contribution in [-0.2, 0) is 11.3 Å². The second-order valence-corrected chi connectivity index (χ2v) is 4.66. The van der Waals surface area contributed by atoms with E-state index < -0.39 is 0 Å². The molecule has 0 spiro atoms. The molecule has 1 N–H and O–H groups in total. The molecule has 0 saturated heterocycles. The number of aryl methyl sites for hydroxylation is 2. The Morgan fingerprint density at radius 3 is 3.12 bits per heavy atom. The fourth-order valence-electron chi connectivity index (χ4n) is 2.52. The molecule has 88 valence electrons. The third-order valence-corrected chi connectivity index (χ3v) is 3.26. The van der Waals surface area contributed by atoms with Crippen molar-refractivity contribution < 1.29 is 4.79 Å². The molecular weight excluding hydrogens is 214 g/mol. The maximum Gasteiger partial charge on any atom is 0.217 e. The van der Waals surface area contributed by atoms with E-state index in [9.17, 15) is 4.79 Å². The maximum atomic E-state index is 11.1. The van der Waals surface area contributed by atoms with Crippen molar-refractivity contribution >= 4 is 16.9 Å². The highest BCUT2D eigenvalue weighted by Gasteiger charge is 2.26. The van der Waals surface area contributed by atoms with E-state index in [-0.39, 0.29) is 11.9 Å². The Labute approximate surface area is 99.6 Å². The van der Waals surface area contributed by atoms with Gasteiger partial charge in [-0.1, -0.05) is 6.07 Å². The molecule has 1 amide bonds. The number of hydrogen-bond donors (Lipinski definition) is 1. The van der Waals surface area contributed by atoms with Gasteiger partial charge in [-0.2, -0.15) is 0 Å². The van der Waals surface area contributed by atoms with Crippen LogP contribution in [0.3, 0.4) is 0 Å². The number of fused-ring (bicyclic) bond motifs is 3. The first-order valence-corrected chi connectivity index (χ1v) is 5.89. The second-order valence-electron chi connectivity index (χ2n) is 4.66. The summed E-state index contributed by atoms with van der Waals surface area (Å²) in [7, 11) is 0. The zero-order valence-corrected chi connectivity index (χ0v) is 10.0. The van der Waals surface area contributed by atoms with Gasteiger partial charge in [0.1, 0.15) is 5.82 Å². The number of carbonyl (C=O) groups is 1. The number of aromatic nitrogens is 2. The maximum absolute atomic E-state index is 11.1. The molecule has 1 atom stereocenters. The summed E-state index contributed by atoms with van der Waals surface area (Å²) < 4.78 is 2.21. The predicted molar refractivity (Wildman–Crippen MR) is 65.6 cm³/mol. The zero-order chi connectivity index (χ0) is 12.0. The summed E-state index contributed by atoms with van der Waals surface area (Å²) in [6.07, 6.45) is 0.936. The summed E-state index contributed by atoms with van der Waals surface area (Å²) in [4.78, 5) is 15.7. The van der Waals surface area contributed by atoms with Crippen molar-refractivity contribution in [2.45, 2.75) is 32.9 Å². The minimum absolute atomic E-state index is 0.00619. The first kappa shape index (κ1) is 10.3. The van der Waals surface area contributed by atoms with E-state index in [0.29, 0.717) is 0 Å². The van der Waals surface area contributed by atoms with E-state index in [1.54, 1.807) is 6.92 Å². The molecule has 0 fully saturated rings. The lowest BCUT2D eigenvalue weighted by atomic mass is 10.2.